The van der Waals surface area contributed by atoms with Gasteiger partial charge in [0.1, 0.15) is 17.3 Å². The maximum absolute atomic E-state index is 12.3. The minimum atomic E-state index is -0.774. The lowest BCUT2D eigenvalue weighted by Gasteiger charge is -2.09. The molecule has 0 aliphatic heterocycles. The minimum Gasteiger partial charge on any atom is -0.484 e. The summed E-state index contributed by atoms with van der Waals surface area (Å²) < 4.78 is 15.3. The van der Waals surface area contributed by atoms with E-state index >= 15 is 0 Å². The van der Waals surface area contributed by atoms with Crippen LogP contribution in [0.25, 0.3) is 0 Å². The molecule has 32 heavy (non-hydrogen) atoms. The van der Waals surface area contributed by atoms with Gasteiger partial charge in [-0.25, -0.2) is 4.79 Å². The van der Waals surface area contributed by atoms with Crippen molar-refractivity contribution in [3.05, 3.63) is 46.8 Å². The normalized spacial score (nSPS) is 12.5. The Hall–Kier alpha value is -3.40. The fraction of sp³-hybridized carbons (Fsp3) is 0.364. The van der Waals surface area contributed by atoms with Crippen LogP contribution in [0, 0.1) is 0 Å². The van der Waals surface area contributed by atoms with Crippen LogP contribution in [0.4, 0.5) is 5.00 Å². The van der Waals surface area contributed by atoms with E-state index < -0.39 is 36.9 Å². The predicted molar refractivity (Wildman–Crippen MR) is 117 cm³/mol. The molecule has 2 amide bonds. The van der Waals surface area contributed by atoms with Gasteiger partial charge in [-0.1, -0.05) is 18.2 Å². The first-order valence-corrected chi connectivity index (χ1v) is 11.0. The summed E-state index contributed by atoms with van der Waals surface area (Å²) in [7, 11) is 0. The lowest BCUT2D eigenvalue weighted by atomic mass is 10.1. The number of para-hydroxylation sites is 1. The molecule has 2 aromatic rings. The standard InChI is InChI=1S/C22H24N2O7S/c1-2-29-22(28)20-16(14-8-9-14)13-32-21(20)24-18(26)12-31-19(27)10-23-17(25)11-30-15-6-4-3-5-7-15/h3-7,13-14H,2,8-12H2,1H3,(H,23,25)(H,24,26). The number of hydrogen-bond acceptors (Lipinski definition) is 8. The Labute approximate surface area is 189 Å². The number of nitrogens with one attached hydrogen (secondary N) is 2. The molecule has 10 heteroatoms. The molecule has 9 nitrogen and oxygen atoms in total. The summed E-state index contributed by atoms with van der Waals surface area (Å²) >= 11 is 1.23. The molecule has 1 aliphatic rings. The SMILES string of the molecule is CCOC(=O)c1c(C2CC2)csc1NC(=O)COC(=O)CNC(=O)COc1ccccc1. The summed E-state index contributed by atoms with van der Waals surface area (Å²) in [6, 6.07) is 8.77. The molecule has 1 saturated carbocycles. The maximum atomic E-state index is 12.3. The van der Waals surface area contributed by atoms with Crippen LogP contribution < -0.4 is 15.4 Å². The van der Waals surface area contributed by atoms with Crippen LogP contribution in [0.15, 0.2) is 35.7 Å². The second-order valence-electron chi connectivity index (χ2n) is 6.98. The largest absolute Gasteiger partial charge is 0.484 e. The van der Waals surface area contributed by atoms with Crippen molar-refractivity contribution in [1.29, 1.82) is 0 Å². The van der Waals surface area contributed by atoms with Gasteiger partial charge < -0.3 is 24.8 Å². The number of amides is 2. The topological polar surface area (TPSA) is 120 Å². The summed E-state index contributed by atoms with van der Waals surface area (Å²) in [5.74, 6) is -1.51. The number of hydrogen-bond donors (Lipinski definition) is 2. The Morgan fingerprint density at radius 3 is 2.47 bits per heavy atom. The van der Waals surface area contributed by atoms with Crippen molar-refractivity contribution in [2.24, 2.45) is 0 Å². The van der Waals surface area contributed by atoms with Crippen molar-refractivity contribution in [2.75, 3.05) is 31.7 Å². The molecule has 0 unspecified atom stereocenters. The molecule has 1 heterocycles. The number of anilines is 1. The molecule has 0 atom stereocenters. The first kappa shape index (κ1) is 23.3. The van der Waals surface area contributed by atoms with Crippen molar-refractivity contribution >= 4 is 40.1 Å². The molecule has 1 aliphatic carbocycles. The lowest BCUT2D eigenvalue weighted by molar-refractivity contribution is -0.147. The fourth-order valence-electron chi connectivity index (χ4n) is 2.82. The third kappa shape index (κ3) is 6.81. The van der Waals surface area contributed by atoms with E-state index in [0.717, 1.165) is 18.4 Å². The Balaban J connectivity index is 1.41. The van der Waals surface area contributed by atoms with Gasteiger partial charge in [0.05, 0.1) is 12.2 Å². The highest BCUT2D eigenvalue weighted by atomic mass is 32.1. The van der Waals surface area contributed by atoms with E-state index in [0.29, 0.717) is 22.2 Å². The van der Waals surface area contributed by atoms with Crippen LogP contribution in [-0.4, -0.2) is 50.1 Å². The van der Waals surface area contributed by atoms with Gasteiger partial charge in [0.25, 0.3) is 11.8 Å². The summed E-state index contributed by atoms with van der Waals surface area (Å²) in [6.45, 7) is 0.741. The Bertz CT molecular complexity index is 970. The highest BCUT2D eigenvalue weighted by Gasteiger charge is 2.32. The van der Waals surface area contributed by atoms with Crippen molar-refractivity contribution < 1.29 is 33.4 Å². The number of thiophene rings is 1. The molecule has 1 aromatic heterocycles. The van der Waals surface area contributed by atoms with Crippen molar-refractivity contribution in [1.82, 2.24) is 5.32 Å². The summed E-state index contributed by atoms with van der Waals surface area (Å²) in [5.41, 5.74) is 1.24. The number of carbonyl (C=O) groups is 4. The highest BCUT2D eigenvalue weighted by Crippen LogP contribution is 2.46. The molecular formula is C22H24N2O7S. The molecule has 170 valence electrons. The molecular weight excluding hydrogens is 436 g/mol. The van der Waals surface area contributed by atoms with E-state index in [1.807, 2.05) is 11.4 Å². The Morgan fingerprint density at radius 2 is 1.78 bits per heavy atom. The smallest absolute Gasteiger partial charge is 0.341 e. The number of esters is 2. The zero-order valence-electron chi connectivity index (χ0n) is 17.6. The summed E-state index contributed by atoms with van der Waals surface area (Å²) in [4.78, 5) is 48.1. The lowest BCUT2D eigenvalue weighted by Crippen LogP contribution is -2.35. The molecule has 0 bridgehead atoms. The van der Waals surface area contributed by atoms with Gasteiger partial charge in [-0.2, -0.15) is 0 Å². The molecule has 3 rings (SSSR count). The van der Waals surface area contributed by atoms with Crippen molar-refractivity contribution in [3.8, 4) is 5.75 Å². The van der Waals surface area contributed by atoms with E-state index in [2.05, 4.69) is 10.6 Å². The molecule has 1 aromatic carbocycles. The zero-order chi connectivity index (χ0) is 22.9. The van der Waals surface area contributed by atoms with Crippen LogP contribution in [0.5, 0.6) is 5.75 Å². The fourth-order valence-corrected chi connectivity index (χ4v) is 3.87. The maximum Gasteiger partial charge on any atom is 0.341 e. The van der Waals surface area contributed by atoms with E-state index in [1.54, 1.807) is 31.2 Å². The van der Waals surface area contributed by atoms with Gasteiger partial charge in [0.2, 0.25) is 0 Å². The molecule has 0 spiro atoms. The van der Waals surface area contributed by atoms with E-state index in [4.69, 9.17) is 14.2 Å². The van der Waals surface area contributed by atoms with Crippen LogP contribution in [0.3, 0.4) is 0 Å². The first-order valence-electron chi connectivity index (χ1n) is 10.2. The van der Waals surface area contributed by atoms with Crippen LogP contribution in [0.2, 0.25) is 0 Å². The predicted octanol–water partition coefficient (Wildman–Crippen LogP) is 2.48. The molecule has 1 fully saturated rings. The highest BCUT2D eigenvalue weighted by molar-refractivity contribution is 7.15. The van der Waals surface area contributed by atoms with Gasteiger partial charge in [-0.05, 0) is 48.8 Å². The number of rotatable bonds is 11. The van der Waals surface area contributed by atoms with Gasteiger partial charge in [0.15, 0.2) is 13.2 Å². The third-order valence-electron chi connectivity index (χ3n) is 4.48. The summed E-state index contributed by atoms with van der Waals surface area (Å²) in [6.07, 6.45) is 1.99. The monoisotopic (exact) mass is 460 g/mol. The third-order valence-corrected chi connectivity index (χ3v) is 5.39. The average Bonchev–Trinajstić information content (AvgIpc) is 3.55. The van der Waals surface area contributed by atoms with Crippen LogP contribution in [0.1, 0.15) is 41.6 Å². The quantitative estimate of drug-likeness (QED) is 0.494. The second kappa shape index (κ2) is 11.3. The van der Waals surface area contributed by atoms with Gasteiger partial charge in [-0.3, -0.25) is 14.4 Å². The number of carbonyl (C=O) groups excluding carboxylic acids is 4. The number of ether oxygens (including phenoxy) is 3. The van der Waals surface area contributed by atoms with Gasteiger partial charge in [-0.15, -0.1) is 11.3 Å². The first-order chi connectivity index (χ1) is 15.5. The van der Waals surface area contributed by atoms with Gasteiger partial charge >= 0.3 is 11.9 Å². The second-order valence-corrected chi connectivity index (χ2v) is 7.86. The van der Waals surface area contributed by atoms with E-state index in [9.17, 15) is 19.2 Å². The van der Waals surface area contributed by atoms with Crippen molar-refractivity contribution in [3.63, 3.8) is 0 Å². The molecule has 2 N–H and O–H groups in total. The van der Waals surface area contributed by atoms with Crippen molar-refractivity contribution in [2.45, 2.75) is 25.7 Å². The van der Waals surface area contributed by atoms with E-state index in [-0.39, 0.29) is 13.2 Å². The minimum absolute atomic E-state index is 0.228. The number of benzene rings is 1. The Kier molecular flexibility index (Phi) is 8.20. The van der Waals surface area contributed by atoms with Crippen LogP contribution in [-0.2, 0) is 23.9 Å². The van der Waals surface area contributed by atoms with Gasteiger partial charge in [0, 0.05) is 0 Å². The zero-order valence-corrected chi connectivity index (χ0v) is 18.4. The Morgan fingerprint density at radius 1 is 1.03 bits per heavy atom. The molecule has 0 radical (unpaired) electrons. The van der Waals surface area contributed by atoms with Crippen LogP contribution >= 0.6 is 11.3 Å². The molecule has 0 saturated heterocycles. The summed E-state index contributed by atoms with van der Waals surface area (Å²) in [5, 5.41) is 7.18. The van der Waals surface area contributed by atoms with E-state index in [1.165, 1.54) is 11.3 Å². The average molecular weight is 461 g/mol.